The van der Waals surface area contributed by atoms with E-state index in [1.807, 2.05) is 6.92 Å². The Kier molecular flexibility index (Phi) is 7.18. The maximum absolute atomic E-state index is 11.9. The molecule has 0 aliphatic heterocycles. The summed E-state index contributed by atoms with van der Waals surface area (Å²) >= 11 is 0. The molecule has 3 N–H and O–H groups in total. The van der Waals surface area contributed by atoms with Gasteiger partial charge < -0.3 is 25.4 Å². The van der Waals surface area contributed by atoms with E-state index in [9.17, 15) is 14.4 Å². The molecule has 0 aliphatic rings. The summed E-state index contributed by atoms with van der Waals surface area (Å²) in [6.45, 7) is 2.04. The largest absolute Gasteiger partial charge is 0.495 e. The molecule has 0 aromatic heterocycles. The summed E-state index contributed by atoms with van der Waals surface area (Å²) in [6.07, 6.45) is 0. The number of carbonyl (C=O) groups is 3. The van der Waals surface area contributed by atoms with Crippen molar-refractivity contribution >= 4 is 29.1 Å². The van der Waals surface area contributed by atoms with Crippen LogP contribution in [-0.2, 0) is 14.4 Å². The molecule has 2 rings (SSSR count). The van der Waals surface area contributed by atoms with Gasteiger partial charge in [-0.25, -0.2) is 0 Å². The molecule has 8 nitrogen and oxygen atoms in total. The van der Waals surface area contributed by atoms with Crippen molar-refractivity contribution in [2.45, 2.75) is 6.92 Å². The van der Waals surface area contributed by atoms with Crippen molar-refractivity contribution in [2.75, 3.05) is 30.9 Å². The summed E-state index contributed by atoms with van der Waals surface area (Å²) in [4.78, 5) is 35.7. The van der Waals surface area contributed by atoms with Gasteiger partial charge in [0.15, 0.2) is 0 Å². The average molecular weight is 371 g/mol. The molecule has 0 spiro atoms. The van der Waals surface area contributed by atoms with E-state index in [0.29, 0.717) is 29.5 Å². The van der Waals surface area contributed by atoms with Gasteiger partial charge in [-0.2, -0.15) is 0 Å². The van der Waals surface area contributed by atoms with Crippen LogP contribution in [0.3, 0.4) is 0 Å². The van der Waals surface area contributed by atoms with Crippen LogP contribution in [0.2, 0.25) is 0 Å². The van der Waals surface area contributed by atoms with Crippen LogP contribution in [0, 0.1) is 0 Å². The van der Waals surface area contributed by atoms with Gasteiger partial charge in [0, 0.05) is 5.69 Å². The van der Waals surface area contributed by atoms with Crippen LogP contribution < -0.4 is 25.4 Å². The van der Waals surface area contributed by atoms with Gasteiger partial charge in [-0.05, 0) is 43.3 Å². The Balaban J connectivity index is 1.82. The van der Waals surface area contributed by atoms with E-state index >= 15 is 0 Å². The zero-order chi connectivity index (χ0) is 19.6. The fourth-order valence-electron chi connectivity index (χ4n) is 2.17. The topological polar surface area (TPSA) is 106 Å². The Morgan fingerprint density at radius 1 is 0.926 bits per heavy atom. The molecule has 8 heteroatoms. The lowest BCUT2D eigenvalue weighted by Gasteiger charge is -2.10. The number of carbonyl (C=O) groups excluding carboxylic acids is 3. The van der Waals surface area contributed by atoms with Crippen LogP contribution in [-0.4, -0.2) is 38.0 Å². The molecule has 2 aromatic rings. The third-order valence-electron chi connectivity index (χ3n) is 3.42. The molecule has 27 heavy (non-hydrogen) atoms. The van der Waals surface area contributed by atoms with Crippen molar-refractivity contribution in [2.24, 2.45) is 0 Å². The van der Waals surface area contributed by atoms with E-state index in [2.05, 4.69) is 16.0 Å². The van der Waals surface area contributed by atoms with Crippen LogP contribution in [0.15, 0.2) is 48.5 Å². The predicted molar refractivity (Wildman–Crippen MR) is 101 cm³/mol. The highest BCUT2D eigenvalue weighted by Gasteiger charge is 2.15. The summed E-state index contributed by atoms with van der Waals surface area (Å²) in [5.41, 5.74) is 0.912. The van der Waals surface area contributed by atoms with E-state index < -0.39 is 17.7 Å². The van der Waals surface area contributed by atoms with Gasteiger partial charge in [0.1, 0.15) is 11.5 Å². The van der Waals surface area contributed by atoms with E-state index in [-0.39, 0.29) is 6.54 Å². The maximum Gasteiger partial charge on any atom is 0.313 e. The van der Waals surface area contributed by atoms with Crippen molar-refractivity contribution in [3.63, 3.8) is 0 Å². The maximum atomic E-state index is 11.9. The first-order valence-corrected chi connectivity index (χ1v) is 8.28. The molecule has 0 bridgehead atoms. The van der Waals surface area contributed by atoms with Crippen LogP contribution in [0.1, 0.15) is 6.92 Å². The number of hydrogen-bond acceptors (Lipinski definition) is 5. The monoisotopic (exact) mass is 371 g/mol. The normalized spacial score (nSPS) is 9.85. The molecule has 0 saturated heterocycles. The molecule has 142 valence electrons. The quantitative estimate of drug-likeness (QED) is 0.644. The minimum atomic E-state index is -0.918. The summed E-state index contributed by atoms with van der Waals surface area (Å²) in [7, 11) is 1.48. The Labute approximate surface area is 156 Å². The molecule has 0 unspecified atom stereocenters. The fourth-order valence-corrected chi connectivity index (χ4v) is 2.17. The number of ether oxygens (including phenoxy) is 2. The molecule has 0 fully saturated rings. The molecular weight excluding hydrogens is 350 g/mol. The minimum Gasteiger partial charge on any atom is -0.495 e. The number of hydrogen-bond donors (Lipinski definition) is 3. The lowest BCUT2D eigenvalue weighted by Crippen LogP contribution is -2.39. The first-order chi connectivity index (χ1) is 13.0. The van der Waals surface area contributed by atoms with Gasteiger partial charge in [-0.1, -0.05) is 12.1 Å². The van der Waals surface area contributed by atoms with Gasteiger partial charge in [0.25, 0.3) is 0 Å². The molecule has 0 aliphatic carbocycles. The average Bonchev–Trinajstić information content (AvgIpc) is 2.68. The Morgan fingerprint density at radius 2 is 1.63 bits per heavy atom. The Hall–Kier alpha value is -3.55. The van der Waals surface area contributed by atoms with Crippen LogP contribution in [0.25, 0.3) is 0 Å². The number of benzene rings is 2. The summed E-state index contributed by atoms with van der Waals surface area (Å²) in [5, 5.41) is 7.31. The molecular formula is C19H21N3O5. The van der Waals surface area contributed by atoms with Crippen molar-refractivity contribution < 1.29 is 23.9 Å². The van der Waals surface area contributed by atoms with E-state index in [4.69, 9.17) is 9.47 Å². The van der Waals surface area contributed by atoms with E-state index in [1.54, 1.807) is 48.5 Å². The molecule has 0 radical (unpaired) electrons. The smallest absolute Gasteiger partial charge is 0.313 e. The fraction of sp³-hybridized carbons (Fsp3) is 0.211. The second-order valence-corrected chi connectivity index (χ2v) is 5.34. The van der Waals surface area contributed by atoms with Crippen molar-refractivity contribution in [3.05, 3.63) is 48.5 Å². The highest BCUT2D eigenvalue weighted by molar-refractivity contribution is 6.39. The van der Waals surface area contributed by atoms with Crippen molar-refractivity contribution in [1.82, 2.24) is 5.32 Å². The number of anilines is 2. The second-order valence-electron chi connectivity index (χ2n) is 5.34. The standard InChI is InChI=1S/C19H21N3O5/c1-3-27-14-10-8-13(9-11-14)21-19(25)18(24)20-12-17(23)22-15-6-4-5-7-16(15)26-2/h4-11H,3,12H2,1-2H3,(H,20,24)(H,21,25)(H,22,23). The zero-order valence-corrected chi connectivity index (χ0v) is 15.1. The summed E-state index contributed by atoms with van der Waals surface area (Å²) in [6, 6.07) is 13.4. The van der Waals surface area contributed by atoms with Gasteiger partial charge in [0.05, 0.1) is 25.9 Å². The van der Waals surface area contributed by atoms with Crippen molar-refractivity contribution in [3.8, 4) is 11.5 Å². The van der Waals surface area contributed by atoms with Crippen LogP contribution >= 0.6 is 0 Å². The molecule has 0 saturated carbocycles. The molecule has 3 amide bonds. The third kappa shape index (κ3) is 6.03. The second kappa shape index (κ2) is 9.81. The predicted octanol–water partition coefficient (Wildman–Crippen LogP) is 1.79. The van der Waals surface area contributed by atoms with Crippen molar-refractivity contribution in [1.29, 1.82) is 0 Å². The van der Waals surface area contributed by atoms with E-state index in [1.165, 1.54) is 7.11 Å². The van der Waals surface area contributed by atoms with E-state index in [0.717, 1.165) is 0 Å². The van der Waals surface area contributed by atoms with Gasteiger partial charge in [0.2, 0.25) is 5.91 Å². The number of methoxy groups -OCH3 is 1. The lowest BCUT2D eigenvalue weighted by atomic mass is 10.3. The number of rotatable bonds is 7. The molecule has 0 atom stereocenters. The first kappa shape index (κ1) is 19.8. The highest BCUT2D eigenvalue weighted by atomic mass is 16.5. The Bertz CT molecular complexity index is 805. The highest BCUT2D eigenvalue weighted by Crippen LogP contribution is 2.22. The number of para-hydroxylation sites is 2. The zero-order valence-electron chi connectivity index (χ0n) is 15.1. The third-order valence-corrected chi connectivity index (χ3v) is 3.42. The molecule has 2 aromatic carbocycles. The van der Waals surface area contributed by atoms with Gasteiger partial charge in [-0.3, -0.25) is 14.4 Å². The van der Waals surface area contributed by atoms with Gasteiger partial charge >= 0.3 is 11.8 Å². The number of nitrogens with one attached hydrogen (secondary N) is 3. The lowest BCUT2D eigenvalue weighted by molar-refractivity contribution is -0.136. The number of amides is 3. The van der Waals surface area contributed by atoms with Crippen LogP contribution in [0.5, 0.6) is 11.5 Å². The first-order valence-electron chi connectivity index (χ1n) is 8.28. The SMILES string of the molecule is CCOc1ccc(NC(=O)C(=O)NCC(=O)Nc2ccccc2OC)cc1. The minimum absolute atomic E-state index is 0.354. The van der Waals surface area contributed by atoms with Gasteiger partial charge in [-0.15, -0.1) is 0 Å². The van der Waals surface area contributed by atoms with Crippen LogP contribution in [0.4, 0.5) is 11.4 Å². The Morgan fingerprint density at radius 3 is 2.30 bits per heavy atom. The molecule has 0 heterocycles. The summed E-state index contributed by atoms with van der Waals surface area (Å²) < 4.78 is 10.4. The summed E-state index contributed by atoms with van der Waals surface area (Å²) in [5.74, 6) is -1.12.